The Kier molecular flexibility index (Phi) is 3.94. The first kappa shape index (κ1) is 15.5. The molecular weight excluding hydrogens is 306 g/mol. The van der Waals surface area contributed by atoms with E-state index >= 15 is 0 Å². The van der Waals surface area contributed by atoms with E-state index in [1.54, 1.807) is 0 Å². The average molecular weight is 329 g/mol. The van der Waals surface area contributed by atoms with Crippen LogP contribution in [0, 0.1) is 0 Å². The quantitative estimate of drug-likeness (QED) is 0.825. The van der Waals surface area contributed by atoms with Crippen LogP contribution in [0.5, 0.6) is 0 Å². The molecule has 0 spiro atoms. The molecule has 1 amide bonds. The van der Waals surface area contributed by atoms with Crippen molar-refractivity contribution in [1.29, 1.82) is 0 Å². The lowest BCUT2D eigenvalue weighted by Gasteiger charge is -2.34. The Hall–Kier alpha value is -2.05. The zero-order valence-corrected chi connectivity index (χ0v) is 14.1. The molecule has 3 aliphatic rings. The number of nitrogens with one attached hydrogen (secondary N) is 2. The van der Waals surface area contributed by atoms with Crippen LogP contribution in [0.2, 0.25) is 0 Å². The molecule has 2 saturated heterocycles. The summed E-state index contributed by atoms with van der Waals surface area (Å²) in [7, 11) is 0. The number of fused-ring (bicyclic) bond motifs is 1. The van der Waals surface area contributed by atoms with Crippen molar-refractivity contribution in [3.05, 3.63) is 29.5 Å². The highest BCUT2D eigenvalue weighted by Gasteiger charge is 2.41. The molecule has 1 aromatic carbocycles. The molecule has 128 valence electrons. The number of nitrogens with zero attached hydrogens (tertiary/aromatic N) is 1. The highest BCUT2D eigenvalue weighted by molar-refractivity contribution is 6.33. The van der Waals surface area contributed by atoms with Crippen molar-refractivity contribution in [1.82, 2.24) is 5.32 Å². The maximum atomic E-state index is 13.1. The highest BCUT2D eigenvalue weighted by Crippen LogP contribution is 2.42. The van der Waals surface area contributed by atoms with Crippen molar-refractivity contribution in [3.8, 4) is 0 Å². The maximum absolute atomic E-state index is 13.1. The van der Waals surface area contributed by atoms with Crippen molar-refractivity contribution < 1.29 is 14.3 Å². The van der Waals surface area contributed by atoms with E-state index in [4.69, 9.17) is 9.47 Å². The van der Waals surface area contributed by atoms with Crippen LogP contribution in [0.1, 0.15) is 19.4 Å². The molecule has 4 rings (SSSR count). The molecule has 0 unspecified atom stereocenters. The number of benzene rings is 1. The van der Waals surface area contributed by atoms with E-state index in [0.29, 0.717) is 32.5 Å². The number of carbonyl (C=O) groups excluding carboxylic acids is 1. The summed E-state index contributed by atoms with van der Waals surface area (Å²) in [5.41, 5.74) is 4.60. The average Bonchev–Trinajstić information content (AvgIpc) is 2.78. The number of hydrogen-bond donors (Lipinski definition) is 2. The van der Waals surface area contributed by atoms with Crippen LogP contribution >= 0.6 is 0 Å². The summed E-state index contributed by atoms with van der Waals surface area (Å²) >= 11 is 0. The molecule has 3 heterocycles. The summed E-state index contributed by atoms with van der Waals surface area (Å²) in [5, 5.41) is 6.76. The van der Waals surface area contributed by atoms with Crippen LogP contribution in [-0.2, 0) is 14.3 Å². The third-order valence-electron chi connectivity index (χ3n) is 4.53. The molecule has 3 aliphatic heterocycles. The predicted molar refractivity (Wildman–Crippen MR) is 93.0 cm³/mol. The normalized spacial score (nSPS) is 24.0. The van der Waals surface area contributed by atoms with Crippen molar-refractivity contribution >= 4 is 22.9 Å². The largest absolute Gasteiger partial charge is 0.383 e. The van der Waals surface area contributed by atoms with E-state index < -0.39 is 0 Å². The third-order valence-corrected chi connectivity index (χ3v) is 4.53. The molecule has 2 fully saturated rings. The number of carbonyl (C=O) groups is 1. The second-order valence-corrected chi connectivity index (χ2v) is 6.73. The van der Waals surface area contributed by atoms with Gasteiger partial charge in [0.15, 0.2) is 0 Å². The first-order valence-corrected chi connectivity index (χ1v) is 8.52. The van der Waals surface area contributed by atoms with Gasteiger partial charge in [-0.15, -0.1) is 0 Å². The van der Waals surface area contributed by atoms with Gasteiger partial charge in [0.25, 0.3) is 5.91 Å². The number of morpholine rings is 1. The fourth-order valence-electron chi connectivity index (χ4n) is 3.40. The van der Waals surface area contributed by atoms with Crippen LogP contribution in [0.4, 0.5) is 11.4 Å². The Morgan fingerprint density at radius 3 is 2.75 bits per heavy atom. The van der Waals surface area contributed by atoms with Gasteiger partial charge < -0.3 is 20.1 Å². The molecule has 24 heavy (non-hydrogen) atoms. The topological polar surface area (TPSA) is 62.8 Å². The summed E-state index contributed by atoms with van der Waals surface area (Å²) in [6.07, 6.45) is 0. The number of ether oxygens (including phenoxy) is 2. The molecule has 1 aromatic rings. The Morgan fingerprint density at radius 1 is 1.29 bits per heavy atom. The monoisotopic (exact) mass is 329 g/mol. The van der Waals surface area contributed by atoms with Crippen LogP contribution < -0.4 is 15.5 Å². The fraction of sp³-hybridized carbons (Fsp3) is 0.500. The first-order valence-electron chi connectivity index (χ1n) is 8.52. The molecule has 6 heteroatoms. The van der Waals surface area contributed by atoms with Gasteiger partial charge in [0.05, 0.1) is 49.4 Å². The minimum atomic E-state index is 0.0491. The molecule has 0 atom stereocenters. The second-order valence-electron chi connectivity index (χ2n) is 6.73. The maximum Gasteiger partial charge on any atom is 0.261 e. The molecular formula is C18H23N3O3. The van der Waals surface area contributed by atoms with Crippen LogP contribution in [0.15, 0.2) is 23.9 Å². The summed E-state index contributed by atoms with van der Waals surface area (Å²) in [6.45, 7) is 7.27. The Balaban J connectivity index is 1.79. The van der Waals surface area contributed by atoms with Crippen LogP contribution in [0.3, 0.4) is 0 Å². The second kappa shape index (κ2) is 6.11. The van der Waals surface area contributed by atoms with Gasteiger partial charge in [0.1, 0.15) is 0 Å². The van der Waals surface area contributed by atoms with Crippen LogP contribution in [0.25, 0.3) is 5.57 Å². The number of hydrogen-bond acceptors (Lipinski definition) is 5. The van der Waals surface area contributed by atoms with Gasteiger partial charge in [-0.1, -0.05) is 0 Å². The molecule has 0 saturated carbocycles. The third kappa shape index (κ3) is 2.56. The lowest BCUT2D eigenvalue weighted by atomic mass is 10.0. The van der Waals surface area contributed by atoms with E-state index in [2.05, 4.69) is 30.5 Å². The predicted octanol–water partition coefficient (Wildman–Crippen LogP) is 1.58. The summed E-state index contributed by atoms with van der Waals surface area (Å²) < 4.78 is 10.9. The standard InChI is InChI=1S/C18H23N3O3/c1-11(2)20-12-3-4-16-14(7-12)17(15-10-23-6-5-19-15)18(22)21(16)13-8-24-9-13/h3-4,7,11,13,19-20H,5-6,8-10H2,1-2H3/b17-15-. The Labute approximate surface area is 141 Å². The number of rotatable bonds is 3. The number of anilines is 2. The molecule has 0 radical (unpaired) electrons. The van der Waals surface area contributed by atoms with Crippen molar-refractivity contribution in [2.24, 2.45) is 0 Å². The number of amides is 1. The van der Waals surface area contributed by atoms with Gasteiger partial charge in [-0.2, -0.15) is 0 Å². The molecule has 6 nitrogen and oxygen atoms in total. The van der Waals surface area contributed by atoms with Gasteiger partial charge in [-0.05, 0) is 32.0 Å². The SMILES string of the molecule is CC(C)Nc1ccc2c(c1)/C(=C1\COCCN1)C(=O)N2C1COC1. The summed E-state index contributed by atoms with van der Waals surface area (Å²) in [5.74, 6) is 0.0491. The van der Waals surface area contributed by atoms with E-state index in [1.807, 2.05) is 17.0 Å². The molecule has 0 aromatic heterocycles. The van der Waals surface area contributed by atoms with Gasteiger partial charge in [0.2, 0.25) is 0 Å². The fourth-order valence-corrected chi connectivity index (χ4v) is 3.40. The summed E-state index contributed by atoms with van der Waals surface area (Å²) in [6, 6.07) is 6.61. The van der Waals surface area contributed by atoms with E-state index in [-0.39, 0.29) is 11.9 Å². The zero-order chi connectivity index (χ0) is 16.7. The summed E-state index contributed by atoms with van der Waals surface area (Å²) in [4.78, 5) is 15.0. The van der Waals surface area contributed by atoms with E-state index in [9.17, 15) is 4.79 Å². The van der Waals surface area contributed by atoms with Gasteiger partial charge >= 0.3 is 0 Å². The van der Waals surface area contributed by atoms with E-state index in [0.717, 1.165) is 34.8 Å². The highest BCUT2D eigenvalue weighted by atomic mass is 16.5. The zero-order valence-electron chi connectivity index (χ0n) is 14.1. The minimum absolute atomic E-state index is 0.0491. The smallest absolute Gasteiger partial charge is 0.261 e. The molecule has 0 aliphatic carbocycles. The van der Waals surface area contributed by atoms with Crippen molar-refractivity contribution in [2.75, 3.05) is 43.2 Å². The van der Waals surface area contributed by atoms with Crippen molar-refractivity contribution in [3.63, 3.8) is 0 Å². The first-order chi connectivity index (χ1) is 11.6. The van der Waals surface area contributed by atoms with Gasteiger partial charge in [-0.25, -0.2) is 0 Å². The minimum Gasteiger partial charge on any atom is -0.383 e. The van der Waals surface area contributed by atoms with Gasteiger partial charge in [0, 0.05) is 23.8 Å². The lowest BCUT2D eigenvalue weighted by molar-refractivity contribution is -0.115. The Morgan fingerprint density at radius 2 is 2.12 bits per heavy atom. The van der Waals surface area contributed by atoms with Crippen molar-refractivity contribution in [2.45, 2.75) is 25.9 Å². The molecule has 2 N–H and O–H groups in total. The van der Waals surface area contributed by atoms with Crippen LogP contribution in [-0.4, -0.2) is 51.0 Å². The molecule has 0 bridgehead atoms. The van der Waals surface area contributed by atoms with Gasteiger partial charge in [-0.3, -0.25) is 9.69 Å². The Bertz CT molecular complexity index is 687. The van der Waals surface area contributed by atoms with E-state index in [1.165, 1.54) is 0 Å². The lowest BCUT2D eigenvalue weighted by Crippen LogP contribution is -2.50.